The van der Waals surface area contributed by atoms with Gasteiger partial charge in [0, 0.05) is 5.69 Å². The number of rotatable bonds is 6. The van der Waals surface area contributed by atoms with Gasteiger partial charge in [0.05, 0.1) is 15.1 Å². The highest BCUT2D eigenvalue weighted by atomic mass is 35.5. The Morgan fingerprint density at radius 2 is 1.74 bits per heavy atom. The van der Waals surface area contributed by atoms with Crippen LogP contribution in [0.5, 0.6) is 5.75 Å². The van der Waals surface area contributed by atoms with Gasteiger partial charge in [-0.2, -0.15) is 5.26 Å². The van der Waals surface area contributed by atoms with E-state index in [9.17, 15) is 10.1 Å². The normalized spacial score (nSPS) is 11.0. The Labute approximate surface area is 195 Å². The molecule has 0 aliphatic rings. The number of aryl methyl sites for hydroxylation is 1. The molecular weight excluding hydrogens is 455 g/mol. The quantitative estimate of drug-likeness (QED) is 0.308. The van der Waals surface area contributed by atoms with Gasteiger partial charge >= 0.3 is 0 Å². The second kappa shape index (κ2) is 10.4. The van der Waals surface area contributed by atoms with Crippen molar-refractivity contribution < 1.29 is 9.53 Å². The average molecular weight is 472 g/mol. The van der Waals surface area contributed by atoms with Crippen molar-refractivity contribution in [2.45, 2.75) is 13.5 Å². The minimum Gasteiger partial charge on any atom is -0.487 e. The first-order valence-corrected chi connectivity index (χ1v) is 10.3. The Balaban J connectivity index is 1.70. The summed E-state index contributed by atoms with van der Waals surface area (Å²) in [6, 6.07) is 19.6. The SMILES string of the molecule is Cc1ccc(COc2ccc(/C=C(\C#N)C(=O)Nc3ccc(Cl)c(Cl)c3)cc2Cl)cc1. The molecule has 0 saturated carbocycles. The zero-order valence-corrected chi connectivity index (χ0v) is 18.7. The maximum absolute atomic E-state index is 12.4. The van der Waals surface area contributed by atoms with Gasteiger partial charge in [0.2, 0.25) is 0 Å². The summed E-state index contributed by atoms with van der Waals surface area (Å²) in [6.07, 6.45) is 1.45. The Morgan fingerprint density at radius 3 is 2.39 bits per heavy atom. The number of hydrogen-bond donors (Lipinski definition) is 1. The summed E-state index contributed by atoms with van der Waals surface area (Å²) >= 11 is 18.2. The molecule has 31 heavy (non-hydrogen) atoms. The molecule has 1 N–H and O–H groups in total. The largest absolute Gasteiger partial charge is 0.487 e. The van der Waals surface area contributed by atoms with E-state index in [1.807, 2.05) is 37.3 Å². The lowest BCUT2D eigenvalue weighted by Crippen LogP contribution is -2.13. The minimum absolute atomic E-state index is 0.0875. The Kier molecular flexibility index (Phi) is 7.59. The van der Waals surface area contributed by atoms with E-state index in [1.165, 1.54) is 17.7 Å². The fourth-order valence-corrected chi connectivity index (χ4v) is 3.20. The minimum atomic E-state index is -0.572. The predicted molar refractivity (Wildman–Crippen MR) is 126 cm³/mol. The molecule has 0 fully saturated rings. The second-order valence-electron chi connectivity index (χ2n) is 6.72. The first-order valence-electron chi connectivity index (χ1n) is 9.22. The number of ether oxygens (including phenoxy) is 1. The Bertz CT molecular complexity index is 1180. The molecule has 3 rings (SSSR count). The van der Waals surface area contributed by atoms with Crippen molar-refractivity contribution in [1.82, 2.24) is 0 Å². The van der Waals surface area contributed by atoms with E-state index in [4.69, 9.17) is 39.5 Å². The molecule has 1 amide bonds. The van der Waals surface area contributed by atoms with Crippen LogP contribution in [0.4, 0.5) is 5.69 Å². The van der Waals surface area contributed by atoms with Gasteiger partial charge in [0.1, 0.15) is 24.0 Å². The first kappa shape index (κ1) is 22.7. The monoisotopic (exact) mass is 470 g/mol. The highest BCUT2D eigenvalue weighted by molar-refractivity contribution is 6.42. The molecule has 3 aromatic carbocycles. The lowest BCUT2D eigenvalue weighted by atomic mass is 10.1. The standard InChI is InChI=1S/C24H17Cl3N2O2/c1-15-2-4-16(5-3-15)14-31-23-9-6-17(11-22(23)27)10-18(13-28)24(30)29-19-7-8-20(25)21(26)12-19/h2-12H,14H2,1H3,(H,29,30)/b18-10+. The summed E-state index contributed by atoms with van der Waals surface area (Å²) in [7, 11) is 0. The van der Waals surface area contributed by atoms with E-state index in [1.54, 1.807) is 30.3 Å². The topological polar surface area (TPSA) is 62.1 Å². The van der Waals surface area contributed by atoms with E-state index in [-0.39, 0.29) is 5.57 Å². The third-order valence-corrected chi connectivity index (χ3v) is 5.36. The van der Waals surface area contributed by atoms with Crippen molar-refractivity contribution in [3.05, 3.63) is 98.0 Å². The van der Waals surface area contributed by atoms with Crippen LogP contribution in [0.2, 0.25) is 15.1 Å². The lowest BCUT2D eigenvalue weighted by molar-refractivity contribution is -0.112. The molecule has 0 aliphatic carbocycles. The fourth-order valence-electron chi connectivity index (χ4n) is 2.66. The number of nitrogens with one attached hydrogen (secondary N) is 1. The first-order chi connectivity index (χ1) is 14.9. The summed E-state index contributed by atoms with van der Waals surface area (Å²) in [5.41, 5.74) is 3.13. The maximum atomic E-state index is 12.4. The van der Waals surface area contributed by atoms with Crippen molar-refractivity contribution in [3.63, 3.8) is 0 Å². The van der Waals surface area contributed by atoms with Crippen LogP contribution in [0.25, 0.3) is 6.08 Å². The van der Waals surface area contributed by atoms with Crippen molar-refractivity contribution >= 4 is 52.5 Å². The number of halogens is 3. The van der Waals surface area contributed by atoms with Crippen molar-refractivity contribution in [2.24, 2.45) is 0 Å². The third kappa shape index (κ3) is 6.26. The number of benzene rings is 3. The highest BCUT2D eigenvalue weighted by Gasteiger charge is 2.11. The van der Waals surface area contributed by atoms with Crippen LogP contribution in [-0.2, 0) is 11.4 Å². The van der Waals surface area contributed by atoms with Crippen LogP contribution in [0, 0.1) is 18.3 Å². The number of nitrogens with zero attached hydrogens (tertiary/aromatic N) is 1. The molecule has 4 nitrogen and oxygen atoms in total. The third-order valence-electron chi connectivity index (χ3n) is 4.32. The molecular formula is C24H17Cl3N2O2. The van der Waals surface area contributed by atoms with Crippen LogP contribution in [0.1, 0.15) is 16.7 Å². The van der Waals surface area contributed by atoms with E-state index >= 15 is 0 Å². The van der Waals surface area contributed by atoms with Gasteiger partial charge in [0.15, 0.2) is 0 Å². The van der Waals surface area contributed by atoms with Gasteiger partial charge in [-0.1, -0.05) is 70.7 Å². The summed E-state index contributed by atoms with van der Waals surface area (Å²) in [6.45, 7) is 2.40. The zero-order valence-electron chi connectivity index (χ0n) is 16.5. The van der Waals surface area contributed by atoms with Crippen molar-refractivity contribution in [2.75, 3.05) is 5.32 Å². The van der Waals surface area contributed by atoms with Crippen LogP contribution in [0.3, 0.4) is 0 Å². The van der Waals surface area contributed by atoms with Crippen LogP contribution in [-0.4, -0.2) is 5.91 Å². The molecule has 0 bridgehead atoms. The van der Waals surface area contributed by atoms with E-state index < -0.39 is 5.91 Å². The van der Waals surface area contributed by atoms with E-state index in [0.29, 0.717) is 38.7 Å². The van der Waals surface area contributed by atoms with Crippen LogP contribution >= 0.6 is 34.8 Å². The van der Waals surface area contributed by atoms with Gasteiger partial charge in [-0.25, -0.2) is 0 Å². The van der Waals surface area contributed by atoms with E-state index in [2.05, 4.69) is 5.32 Å². The molecule has 0 unspecified atom stereocenters. The fraction of sp³-hybridized carbons (Fsp3) is 0.0833. The maximum Gasteiger partial charge on any atom is 0.266 e. The molecule has 0 aliphatic heterocycles. The molecule has 7 heteroatoms. The average Bonchev–Trinajstić information content (AvgIpc) is 2.75. The number of amides is 1. The molecule has 0 aromatic heterocycles. The Morgan fingerprint density at radius 1 is 1.00 bits per heavy atom. The molecule has 0 spiro atoms. The summed E-state index contributed by atoms with van der Waals surface area (Å²) in [4.78, 5) is 12.4. The summed E-state index contributed by atoms with van der Waals surface area (Å²) in [5, 5.41) is 13.1. The molecule has 156 valence electrons. The Hall–Kier alpha value is -2.97. The number of carbonyl (C=O) groups is 1. The summed E-state index contributed by atoms with van der Waals surface area (Å²) < 4.78 is 5.78. The molecule has 3 aromatic rings. The van der Waals surface area contributed by atoms with Crippen LogP contribution in [0.15, 0.2) is 66.2 Å². The predicted octanol–water partition coefficient (Wildman–Crippen LogP) is 7.08. The van der Waals surface area contributed by atoms with E-state index in [0.717, 1.165) is 5.56 Å². The lowest BCUT2D eigenvalue weighted by Gasteiger charge is -2.09. The second-order valence-corrected chi connectivity index (χ2v) is 7.94. The van der Waals surface area contributed by atoms with Crippen molar-refractivity contribution in [3.8, 4) is 11.8 Å². The number of hydrogen-bond acceptors (Lipinski definition) is 3. The van der Waals surface area contributed by atoms with Gasteiger partial charge in [-0.15, -0.1) is 0 Å². The van der Waals surface area contributed by atoms with Gasteiger partial charge in [-0.3, -0.25) is 4.79 Å². The molecule has 0 heterocycles. The molecule has 0 atom stereocenters. The molecule has 0 radical (unpaired) electrons. The van der Waals surface area contributed by atoms with Crippen LogP contribution < -0.4 is 10.1 Å². The van der Waals surface area contributed by atoms with Crippen molar-refractivity contribution in [1.29, 1.82) is 5.26 Å². The molecule has 0 saturated heterocycles. The number of nitriles is 1. The zero-order chi connectivity index (χ0) is 22.4. The van der Waals surface area contributed by atoms with Gasteiger partial charge in [-0.05, 0) is 54.5 Å². The highest BCUT2D eigenvalue weighted by Crippen LogP contribution is 2.28. The summed E-state index contributed by atoms with van der Waals surface area (Å²) in [5.74, 6) is -0.0603. The number of anilines is 1. The van der Waals surface area contributed by atoms with Gasteiger partial charge < -0.3 is 10.1 Å². The smallest absolute Gasteiger partial charge is 0.266 e. The van der Waals surface area contributed by atoms with Gasteiger partial charge in [0.25, 0.3) is 5.91 Å². The number of carbonyl (C=O) groups excluding carboxylic acids is 1.